The van der Waals surface area contributed by atoms with Gasteiger partial charge in [0.25, 0.3) is 0 Å². The van der Waals surface area contributed by atoms with Crippen LogP contribution in [-0.4, -0.2) is 56.5 Å². The Labute approximate surface area is 171 Å². The molecule has 2 atom stereocenters. The highest BCUT2D eigenvalue weighted by Crippen LogP contribution is 2.34. The monoisotopic (exact) mass is 398 g/mol. The van der Waals surface area contributed by atoms with Gasteiger partial charge >= 0.3 is 6.09 Å². The first-order valence-corrected chi connectivity index (χ1v) is 10.6. The van der Waals surface area contributed by atoms with Crippen LogP contribution in [0, 0.1) is 11.3 Å². The van der Waals surface area contributed by atoms with E-state index in [4.69, 9.17) is 14.5 Å². The Morgan fingerprint density at radius 2 is 1.79 bits per heavy atom. The first-order chi connectivity index (χ1) is 13.0. The summed E-state index contributed by atoms with van der Waals surface area (Å²) in [4.78, 5) is 16.4. The van der Waals surface area contributed by atoms with Crippen LogP contribution in [0.2, 0.25) is 0 Å². The fourth-order valence-corrected chi connectivity index (χ4v) is 3.34. The number of hydrogen-bond donors (Lipinski definition) is 3. The summed E-state index contributed by atoms with van der Waals surface area (Å²) in [6.07, 6.45) is 2.92. The number of amides is 1. The topological polar surface area (TPSA) is 84.0 Å². The Morgan fingerprint density at radius 1 is 1.11 bits per heavy atom. The highest BCUT2D eigenvalue weighted by atomic mass is 16.6. The van der Waals surface area contributed by atoms with Gasteiger partial charge in [0, 0.05) is 38.7 Å². The first-order valence-electron chi connectivity index (χ1n) is 10.6. The molecule has 3 N–H and O–H groups in total. The molecule has 164 valence electrons. The molecular formula is C21H42N4O3. The molecule has 7 heteroatoms. The van der Waals surface area contributed by atoms with Gasteiger partial charge in [0.05, 0.1) is 6.10 Å². The molecule has 7 nitrogen and oxygen atoms in total. The van der Waals surface area contributed by atoms with E-state index >= 15 is 0 Å². The number of rotatable bonds is 7. The maximum absolute atomic E-state index is 11.6. The molecule has 0 aliphatic carbocycles. The van der Waals surface area contributed by atoms with Crippen molar-refractivity contribution in [2.45, 2.75) is 79.4 Å². The summed E-state index contributed by atoms with van der Waals surface area (Å²) in [6, 6.07) is 0. The van der Waals surface area contributed by atoms with Crippen LogP contribution in [0.15, 0.2) is 4.99 Å². The minimum atomic E-state index is -0.471. The zero-order valence-electron chi connectivity index (χ0n) is 19.0. The predicted molar refractivity (Wildman–Crippen MR) is 115 cm³/mol. The van der Waals surface area contributed by atoms with Crippen molar-refractivity contribution < 1.29 is 14.3 Å². The van der Waals surface area contributed by atoms with Crippen molar-refractivity contribution in [3.63, 3.8) is 0 Å². The second kappa shape index (κ2) is 11.5. The Bertz CT molecular complexity index is 495. The molecule has 0 aromatic rings. The lowest BCUT2D eigenvalue weighted by molar-refractivity contribution is -0.0823. The number of aliphatic imine (C=N–C) groups is 1. The van der Waals surface area contributed by atoms with E-state index in [9.17, 15) is 4.79 Å². The lowest BCUT2D eigenvalue weighted by Gasteiger charge is -2.39. The Balaban J connectivity index is 2.42. The molecule has 0 saturated carbocycles. The number of carbonyl (C=O) groups excluding carboxylic acids is 1. The van der Waals surface area contributed by atoms with Crippen molar-refractivity contribution in [2.24, 2.45) is 16.3 Å². The summed E-state index contributed by atoms with van der Waals surface area (Å²) in [5.41, 5.74) is -0.347. The van der Waals surface area contributed by atoms with Crippen molar-refractivity contribution in [2.75, 3.05) is 32.8 Å². The molecule has 0 aromatic heterocycles. The summed E-state index contributed by atoms with van der Waals surface area (Å²) in [6.45, 7) is 18.0. The molecule has 1 amide bonds. The fourth-order valence-electron chi connectivity index (χ4n) is 3.34. The van der Waals surface area contributed by atoms with E-state index in [-0.39, 0.29) is 17.6 Å². The van der Waals surface area contributed by atoms with Gasteiger partial charge in [0.1, 0.15) is 5.60 Å². The quantitative estimate of drug-likeness (QED) is 0.348. The Hall–Kier alpha value is -1.50. The molecule has 1 heterocycles. The van der Waals surface area contributed by atoms with Crippen LogP contribution in [-0.2, 0) is 9.47 Å². The number of nitrogens with zero attached hydrogens (tertiary/aromatic N) is 1. The van der Waals surface area contributed by atoms with Gasteiger partial charge in [-0.25, -0.2) is 4.79 Å². The van der Waals surface area contributed by atoms with Crippen LogP contribution in [0.1, 0.15) is 67.7 Å². The third-order valence-electron chi connectivity index (χ3n) is 4.44. The summed E-state index contributed by atoms with van der Waals surface area (Å²) < 4.78 is 11.3. The largest absolute Gasteiger partial charge is 0.444 e. The molecule has 1 rings (SSSR count). The maximum Gasteiger partial charge on any atom is 0.407 e. The van der Waals surface area contributed by atoms with Crippen molar-refractivity contribution in [3.8, 4) is 0 Å². The molecular weight excluding hydrogens is 356 g/mol. The standard InChI is InChI=1S/C21H42N4O3/c1-8-22-18(23-12-10-13-24-19(26)28-21(5,6)7)25-15-16-11-9-14-27-17(16)20(2,3)4/h16-17H,8-15H2,1-7H3,(H,24,26)(H2,22,23,25). The molecule has 1 saturated heterocycles. The third kappa shape index (κ3) is 10.2. The normalized spacial score (nSPS) is 21.2. The van der Waals surface area contributed by atoms with Crippen LogP contribution < -0.4 is 16.0 Å². The SMILES string of the molecule is CCNC(=NCC1CCCOC1C(C)(C)C)NCCCNC(=O)OC(C)(C)C. The van der Waals surface area contributed by atoms with Gasteiger partial charge in [-0.05, 0) is 52.4 Å². The molecule has 1 aliphatic rings. The minimum Gasteiger partial charge on any atom is -0.444 e. The molecule has 0 aromatic carbocycles. The van der Waals surface area contributed by atoms with Gasteiger partial charge in [0.2, 0.25) is 0 Å². The zero-order chi connectivity index (χ0) is 21.2. The van der Waals surface area contributed by atoms with Gasteiger partial charge in [-0.15, -0.1) is 0 Å². The molecule has 1 aliphatic heterocycles. The van der Waals surface area contributed by atoms with E-state index in [0.29, 0.717) is 12.5 Å². The first kappa shape index (κ1) is 24.5. The lowest BCUT2D eigenvalue weighted by atomic mass is 9.78. The van der Waals surface area contributed by atoms with Crippen LogP contribution in [0.5, 0.6) is 0 Å². The molecule has 28 heavy (non-hydrogen) atoms. The second-order valence-electron chi connectivity index (χ2n) is 9.49. The van der Waals surface area contributed by atoms with E-state index in [1.807, 2.05) is 20.8 Å². The van der Waals surface area contributed by atoms with Gasteiger partial charge in [-0.3, -0.25) is 4.99 Å². The van der Waals surface area contributed by atoms with Crippen molar-refractivity contribution in [1.82, 2.24) is 16.0 Å². The minimum absolute atomic E-state index is 0.125. The average Bonchev–Trinajstić information content (AvgIpc) is 2.57. The van der Waals surface area contributed by atoms with E-state index in [1.54, 1.807) is 0 Å². The maximum atomic E-state index is 11.6. The number of ether oxygens (including phenoxy) is 2. The van der Waals surface area contributed by atoms with Crippen molar-refractivity contribution >= 4 is 12.1 Å². The van der Waals surface area contributed by atoms with Crippen LogP contribution in [0.3, 0.4) is 0 Å². The molecule has 0 radical (unpaired) electrons. The number of carbonyl (C=O) groups is 1. The van der Waals surface area contributed by atoms with E-state index < -0.39 is 5.60 Å². The number of hydrogen-bond acceptors (Lipinski definition) is 4. The van der Waals surface area contributed by atoms with Crippen molar-refractivity contribution in [3.05, 3.63) is 0 Å². The summed E-state index contributed by atoms with van der Waals surface area (Å²) in [5, 5.41) is 9.41. The van der Waals surface area contributed by atoms with Gasteiger partial charge in [-0.2, -0.15) is 0 Å². The Morgan fingerprint density at radius 3 is 2.39 bits per heavy atom. The zero-order valence-corrected chi connectivity index (χ0v) is 19.0. The number of alkyl carbamates (subject to hydrolysis) is 1. The average molecular weight is 399 g/mol. The van der Waals surface area contributed by atoms with E-state index in [2.05, 4.69) is 43.6 Å². The molecule has 2 unspecified atom stereocenters. The second-order valence-corrected chi connectivity index (χ2v) is 9.49. The van der Waals surface area contributed by atoms with Gasteiger partial charge < -0.3 is 25.4 Å². The van der Waals surface area contributed by atoms with Crippen molar-refractivity contribution in [1.29, 1.82) is 0 Å². The number of guanidine groups is 1. The molecule has 0 bridgehead atoms. The van der Waals surface area contributed by atoms with Crippen LogP contribution in [0.25, 0.3) is 0 Å². The third-order valence-corrected chi connectivity index (χ3v) is 4.44. The van der Waals surface area contributed by atoms with Gasteiger partial charge in [-0.1, -0.05) is 20.8 Å². The summed E-state index contributed by atoms with van der Waals surface area (Å²) in [5.74, 6) is 1.26. The predicted octanol–water partition coefficient (Wildman–Crippen LogP) is 3.30. The summed E-state index contributed by atoms with van der Waals surface area (Å²) >= 11 is 0. The molecule has 0 spiro atoms. The van der Waals surface area contributed by atoms with E-state index in [1.165, 1.54) is 0 Å². The molecule has 1 fully saturated rings. The number of nitrogens with one attached hydrogen (secondary N) is 3. The highest BCUT2D eigenvalue weighted by molar-refractivity contribution is 5.79. The highest BCUT2D eigenvalue weighted by Gasteiger charge is 2.35. The smallest absolute Gasteiger partial charge is 0.407 e. The fraction of sp³-hybridized carbons (Fsp3) is 0.905. The van der Waals surface area contributed by atoms with Crippen LogP contribution in [0.4, 0.5) is 4.79 Å². The summed E-state index contributed by atoms with van der Waals surface area (Å²) in [7, 11) is 0. The van der Waals surface area contributed by atoms with Crippen LogP contribution >= 0.6 is 0 Å². The van der Waals surface area contributed by atoms with E-state index in [0.717, 1.165) is 51.5 Å². The van der Waals surface area contributed by atoms with Gasteiger partial charge in [0.15, 0.2) is 5.96 Å². The Kier molecular flexibility index (Phi) is 10.1. The lowest BCUT2D eigenvalue weighted by Crippen LogP contribution is -2.43.